The molecular formula is C10H13BrF2O3. The largest absolute Gasteiger partial charge is 0.475 e. The molecule has 16 heavy (non-hydrogen) atoms. The van der Waals surface area contributed by atoms with Crippen LogP contribution in [0.4, 0.5) is 8.78 Å². The summed E-state index contributed by atoms with van der Waals surface area (Å²) < 4.78 is 25.7. The first-order valence-corrected chi connectivity index (χ1v) is 6.02. The van der Waals surface area contributed by atoms with E-state index in [0.29, 0.717) is 19.3 Å². The van der Waals surface area contributed by atoms with Gasteiger partial charge in [-0.3, -0.25) is 4.79 Å². The van der Waals surface area contributed by atoms with Crippen LogP contribution in [-0.4, -0.2) is 27.6 Å². The molecule has 0 aromatic heterocycles. The lowest BCUT2D eigenvalue weighted by molar-refractivity contribution is -0.148. The fourth-order valence-corrected chi connectivity index (χ4v) is 2.59. The Bertz CT molecular complexity index is 284. The van der Waals surface area contributed by atoms with Crippen molar-refractivity contribution in [1.82, 2.24) is 0 Å². The van der Waals surface area contributed by atoms with Crippen LogP contribution in [0.25, 0.3) is 0 Å². The first kappa shape index (κ1) is 13.5. The van der Waals surface area contributed by atoms with Crippen molar-refractivity contribution < 1.29 is 23.5 Å². The molecule has 1 aliphatic carbocycles. The molecule has 1 rings (SSSR count). The van der Waals surface area contributed by atoms with Crippen LogP contribution in [0, 0.1) is 5.92 Å². The molecule has 1 aliphatic rings. The van der Waals surface area contributed by atoms with Gasteiger partial charge in [-0.1, -0.05) is 15.9 Å². The van der Waals surface area contributed by atoms with Gasteiger partial charge in [-0.2, -0.15) is 0 Å². The molecular weight excluding hydrogens is 286 g/mol. The second kappa shape index (κ2) is 5.21. The smallest absolute Gasteiger partial charge is 0.373 e. The van der Waals surface area contributed by atoms with Gasteiger partial charge in [0.15, 0.2) is 0 Å². The Balaban J connectivity index is 2.39. The fraction of sp³-hybridized carbons (Fsp3) is 0.800. The SMILES string of the molecule is O=C(O)C(=O)C(Br)CC1CCC(F)(F)CC1. The lowest BCUT2D eigenvalue weighted by atomic mass is 9.83. The van der Waals surface area contributed by atoms with E-state index < -0.39 is 22.5 Å². The summed E-state index contributed by atoms with van der Waals surface area (Å²) in [5.41, 5.74) is 0. The molecule has 0 saturated heterocycles. The maximum atomic E-state index is 12.8. The molecule has 1 fully saturated rings. The molecule has 0 radical (unpaired) electrons. The van der Waals surface area contributed by atoms with Gasteiger partial charge < -0.3 is 5.11 Å². The topological polar surface area (TPSA) is 54.4 Å². The van der Waals surface area contributed by atoms with Crippen LogP contribution in [-0.2, 0) is 9.59 Å². The van der Waals surface area contributed by atoms with E-state index in [0.717, 1.165) is 0 Å². The third kappa shape index (κ3) is 3.81. The Morgan fingerprint density at radius 3 is 2.31 bits per heavy atom. The fourth-order valence-electron chi connectivity index (χ4n) is 1.87. The monoisotopic (exact) mass is 298 g/mol. The number of Topliss-reactive ketones (excluding diaryl/α,β-unsaturated/α-hetero) is 1. The lowest BCUT2D eigenvalue weighted by Gasteiger charge is -2.28. The molecule has 0 bridgehead atoms. The molecule has 0 heterocycles. The Kier molecular flexibility index (Phi) is 4.41. The second-order valence-corrected chi connectivity index (χ2v) is 5.28. The molecule has 1 unspecified atom stereocenters. The van der Waals surface area contributed by atoms with Gasteiger partial charge in [0.25, 0.3) is 5.78 Å². The van der Waals surface area contributed by atoms with Crippen LogP contribution in [0.3, 0.4) is 0 Å². The van der Waals surface area contributed by atoms with Gasteiger partial charge >= 0.3 is 5.97 Å². The minimum Gasteiger partial charge on any atom is -0.475 e. The third-order valence-corrected chi connectivity index (χ3v) is 3.66. The van der Waals surface area contributed by atoms with Crippen molar-refractivity contribution in [3.8, 4) is 0 Å². The summed E-state index contributed by atoms with van der Waals surface area (Å²) in [7, 11) is 0. The zero-order valence-corrected chi connectivity index (χ0v) is 10.2. The number of carbonyl (C=O) groups excluding carboxylic acids is 1. The Labute approximate surface area is 100 Å². The minimum absolute atomic E-state index is 0.00676. The Hall–Kier alpha value is -0.520. The molecule has 0 aliphatic heterocycles. The average Bonchev–Trinajstić information content (AvgIpc) is 2.19. The number of alkyl halides is 3. The van der Waals surface area contributed by atoms with Gasteiger partial charge in [-0.15, -0.1) is 0 Å². The lowest BCUT2D eigenvalue weighted by Crippen LogP contribution is -2.29. The number of hydrogen-bond donors (Lipinski definition) is 1. The first-order chi connectivity index (χ1) is 7.32. The van der Waals surface area contributed by atoms with Crippen molar-refractivity contribution in [2.45, 2.75) is 42.9 Å². The molecule has 0 aromatic rings. The van der Waals surface area contributed by atoms with Crippen molar-refractivity contribution in [1.29, 1.82) is 0 Å². The molecule has 0 amide bonds. The summed E-state index contributed by atoms with van der Waals surface area (Å²) >= 11 is 2.99. The van der Waals surface area contributed by atoms with Crippen LogP contribution in [0.1, 0.15) is 32.1 Å². The van der Waals surface area contributed by atoms with E-state index in [9.17, 15) is 18.4 Å². The van der Waals surface area contributed by atoms with Gasteiger partial charge in [0.1, 0.15) is 0 Å². The predicted octanol–water partition coefficient (Wildman–Crippen LogP) is 2.62. The van der Waals surface area contributed by atoms with Gasteiger partial charge in [-0.25, -0.2) is 13.6 Å². The van der Waals surface area contributed by atoms with Crippen molar-refractivity contribution in [2.75, 3.05) is 0 Å². The molecule has 1 N–H and O–H groups in total. The molecule has 6 heteroatoms. The van der Waals surface area contributed by atoms with Gasteiger partial charge in [0, 0.05) is 12.8 Å². The highest BCUT2D eigenvalue weighted by Crippen LogP contribution is 2.38. The highest BCUT2D eigenvalue weighted by Gasteiger charge is 2.36. The number of carbonyl (C=O) groups is 2. The minimum atomic E-state index is -2.59. The highest BCUT2D eigenvalue weighted by atomic mass is 79.9. The zero-order valence-electron chi connectivity index (χ0n) is 8.59. The second-order valence-electron chi connectivity index (χ2n) is 4.17. The molecule has 0 spiro atoms. The zero-order chi connectivity index (χ0) is 12.3. The first-order valence-electron chi connectivity index (χ1n) is 5.11. The molecule has 1 atom stereocenters. The van der Waals surface area contributed by atoms with Crippen molar-refractivity contribution in [2.24, 2.45) is 5.92 Å². The van der Waals surface area contributed by atoms with Crippen molar-refractivity contribution in [3.05, 3.63) is 0 Å². The summed E-state index contributed by atoms with van der Waals surface area (Å²) in [6.45, 7) is 0. The molecule has 1 saturated carbocycles. The van der Waals surface area contributed by atoms with E-state index >= 15 is 0 Å². The Morgan fingerprint density at radius 1 is 1.38 bits per heavy atom. The van der Waals surface area contributed by atoms with Crippen molar-refractivity contribution >= 4 is 27.7 Å². The number of carboxylic acids is 1. The summed E-state index contributed by atoms with van der Waals surface area (Å²) in [5.74, 6) is -4.97. The van der Waals surface area contributed by atoms with Crippen LogP contribution in [0.5, 0.6) is 0 Å². The van der Waals surface area contributed by atoms with Crippen LogP contribution in [0.15, 0.2) is 0 Å². The molecule has 0 aromatic carbocycles. The maximum Gasteiger partial charge on any atom is 0.373 e. The summed E-state index contributed by atoms with van der Waals surface area (Å²) in [5, 5.41) is 8.47. The number of aliphatic carboxylic acids is 1. The number of carboxylic acid groups (broad SMARTS) is 1. The number of rotatable bonds is 4. The quantitative estimate of drug-likeness (QED) is 0.641. The number of halogens is 3. The molecule has 92 valence electrons. The van der Waals surface area contributed by atoms with Gasteiger partial charge in [-0.05, 0) is 25.2 Å². The molecule has 3 nitrogen and oxygen atoms in total. The third-order valence-electron chi connectivity index (χ3n) is 2.87. The maximum absolute atomic E-state index is 12.8. The summed E-state index contributed by atoms with van der Waals surface area (Å²) in [6.07, 6.45) is 0.683. The van der Waals surface area contributed by atoms with Gasteiger partial charge in [0.2, 0.25) is 5.92 Å². The summed E-state index contributed by atoms with van der Waals surface area (Å²) in [4.78, 5) is 20.7. The normalized spacial score (nSPS) is 22.7. The van der Waals surface area contributed by atoms with Crippen LogP contribution >= 0.6 is 15.9 Å². The summed E-state index contributed by atoms with van der Waals surface area (Å²) in [6, 6.07) is 0. The van der Waals surface area contributed by atoms with Gasteiger partial charge in [0.05, 0.1) is 4.83 Å². The number of hydrogen-bond acceptors (Lipinski definition) is 2. The predicted molar refractivity (Wildman–Crippen MR) is 56.9 cm³/mol. The van der Waals surface area contributed by atoms with Crippen molar-refractivity contribution in [3.63, 3.8) is 0 Å². The standard InChI is InChI=1S/C10H13BrF2O3/c11-7(8(14)9(15)16)5-6-1-3-10(12,13)4-2-6/h6-7H,1-5H2,(H,15,16). The number of ketones is 1. The van der Waals surface area contributed by atoms with Crippen LogP contribution in [0.2, 0.25) is 0 Å². The Morgan fingerprint density at radius 2 is 1.88 bits per heavy atom. The van der Waals surface area contributed by atoms with E-state index in [1.807, 2.05) is 0 Å². The van der Waals surface area contributed by atoms with E-state index in [1.165, 1.54) is 0 Å². The highest BCUT2D eigenvalue weighted by molar-refractivity contribution is 9.10. The average molecular weight is 299 g/mol. The van der Waals surface area contributed by atoms with E-state index in [4.69, 9.17) is 5.11 Å². The van der Waals surface area contributed by atoms with E-state index in [-0.39, 0.29) is 18.8 Å². The van der Waals surface area contributed by atoms with E-state index in [1.54, 1.807) is 0 Å². The van der Waals surface area contributed by atoms with Crippen LogP contribution < -0.4 is 0 Å². The van der Waals surface area contributed by atoms with E-state index in [2.05, 4.69) is 15.9 Å².